The number of benzene rings is 2. The molecule has 2 aromatic carbocycles. The zero-order valence-electron chi connectivity index (χ0n) is 16.3. The minimum atomic E-state index is -3.14. The molecule has 0 unspecified atom stereocenters. The van der Waals surface area contributed by atoms with Gasteiger partial charge in [0.1, 0.15) is 0 Å². The Morgan fingerprint density at radius 2 is 1.57 bits per heavy atom. The van der Waals surface area contributed by atoms with Gasteiger partial charge in [0.25, 0.3) is 5.91 Å². The van der Waals surface area contributed by atoms with Gasteiger partial charge in [-0.3, -0.25) is 4.79 Å². The molecule has 0 fully saturated rings. The van der Waals surface area contributed by atoms with Gasteiger partial charge in [-0.25, -0.2) is 13.2 Å². The van der Waals surface area contributed by atoms with Crippen molar-refractivity contribution in [3.05, 3.63) is 71.3 Å². The van der Waals surface area contributed by atoms with Crippen molar-refractivity contribution in [3.8, 4) is 0 Å². The molecule has 0 saturated heterocycles. The molecule has 0 saturated carbocycles. The number of hydrogen-bond donors (Lipinski definition) is 0. The smallest absolute Gasteiger partial charge is 0.338 e. The SMILES string of the molecule is CC(C)N(Cc1ccccc1)C(=O)COC(=O)c1ccc(CS(C)(=O)=O)cc1. The summed E-state index contributed by atoms with van der Waals surface area (Å²) < 4.78 is 27.8. The second-order valence-corrected chi connectivity index (χ2v) is 9.08. The third-order valence-corrected chi connectivity index (χ3v) is 4.94. The molecule has 0 heterocycles. The Morgan fingerprint density at radius 1 is 0.964 bits per heavy atom. The van der Waals surface area contributed by atoms with E-state index in [4.69, 9.17) is 4.74 Å². The van der Waals surface area contributed by atoms with Crippen LogP contribution in [0.1, 0.15) is 35.3 Å². The van der Waals surface area contributed by atoms with E-state index < -0.39 is 15.8 Å². The molecular weight excluding hydrogens is 378 g/mol. The molecule has 7 heteroatoms. The van der Waals surface area contributed by atoms with Crippen LogP contribution in [-0.2, 0) is 31.7 Å². The van der Waals surface area contributed by atoms with E-state index in [0.29, 0.717) is 12.1 Å². The number of sulfone groups is 1. The lowest BCUT2D eigenvalue weighted by Crippen LogP contribution is -2.39. The largest absolute Gasteiger partial charge is 0.452 e. The van der Waals surface area contributed by atoms with Crippen LogP contribution in [0.5, 0.6) is 0 Å². The van der Waals surface area contributed by atoms with Gasteiger partial charge in [-0.1, -0.05) is 42.5 Å². The first-order valence-electron chi connectivity index (χ1n) is 8.93. The molecule has 2 aromatic rings. The third-order valence-electron chi connectivity index (χ3n) is 4.08. The molecular formula is C21H25NO5S. The van der Waals surface area contributed by atoms with Crippen molar-refractivity contribution < 1.29 is 22.7 Å². The molecule has 0 spiro atoms. The summed E-state index contributed by atoms with van der Waals surface area (Å²) in [4.78, 5) is 26.4. The zero-order chi connectivity index (χ0) is 20.7. The van der Waals surface area contributed by atoms with E-state index in [1.165, 1.54) is 12.1 Å². The highest BCUT2D eigenvalue weighted by atomic mass is 32.2. The number of carbonyl (C=O) groups is 2. The second-order valence-electron chi connectivity index (χ2n) is 6.94. The molecule has 0 aliphatic rings. The first kappa shape index (κ1) is 21.6. The standard InChI is InChI=1S/C21H25NO5S/c1-16(2)22(13-17-7-5-4-6-8-17)20(23)14-27-21(24)19-11-9-18(10-12-19)15-28(3,25)26/h4-12,16H,13-15H2,1-3H3. The average molecular weight is 404 g/mol. The van der Waals surface area contributed by atoms with E-state index in [2.05, 4.69) is 0 Å². The van der Waals surface area contributed by atoms with Gasteiger partial charge in [-0.15, -0.1) is 0 Å². The molecule has 1 amide bonds. The highest BCUT2D eigenvalue weighted by Gasteiger charge is 2.19. The molecule has 2 rings (SSSR count). The summed E-state index contributed by atoms with van der Waals surface area (Å²) in [5.41, 5.74) is 1.85. The Bertz CT molecular complexity index is 906. The third kappa shape index (κ3) is 6.81. The lowest BCUT2D eigenvalue weighted by atomic mass is 10.1. The van der Waals surface area contributed by atoms with Crippen molar-refractivity contribution in [2.45, 2.75) is 32.2 Å². The maximum absolute atomic E-state index is 12.5. The molecule has 0 N–H and O–H groups in total. The van der Waals surface area contributed by atoms with Crippen molar-refractivity contribution in [2.24, 2.45) is 0 Å². The van der Waals surface area contributed by atoms with Crippen LogP contribution in [0.4, 0.5) is 0 Å². The summed E-state index contributed by atoms with van der Waals surface area (Å²) in [5, 5.41) is 0. The topological polar surface area (TPSA) is 80.8 Å². The van der Waals surface area contributed by atoms with Crippen molar-refractivity contribution in [1.29, 1.82) is 0 Å². The van der Waals surface area contributed by atoms with Crippen LogP contribution >= 0.6 is 0 Å². The predicted octanol–water partition coefficient (Wildman–Crippen LogP) is 2.83. The van der Waals surface area contributed by atoms with Crippen molar-refractivity contribution in [2.75, 3.05) is 12.9 Å². The molecule has 0 radical (unpaired) electrons. The first-order chi connectivity index (χ1) is 13.2. The summed E-state index contributed by atoms with van der Waals surface area (Å²) in [7, 11) is -3.14. The minimum Gasteiger partial charge on any atom is -0.452 e. The normalized spacial score (nSPS) is 11.3. The Hall–Kier alpha value is -2.67. The van der Waals surface area contributed by atoms with Gasteiger partial charge in [-0.2, -0.15) is 0 Å². The molecule has 0 bridgehead atoms. The fourth-order valence-corrected chi connectivity index (χ4v) is 3.47. The van der Waals surface area contributed by atoms with Crippen LogP contribution in [-0.4, -0.2) is 44.1 Å². The van der Waals surface area contributed by atoms with Gasteiger partial charge in [0.2, 0.25) is 0 Å². The Balaban J connectivity index is 1.95. The van der Waals surface area contributed by atoms with E-state index in [0.717, 1.165) is 11.8 Å². The Morgan fingerprint density at radius 3 is 2.11 bits per heavy atom. The number of rotatable bonds is 8. The van der Waals surface area contributed by atoms with Gasteiger partial charge in [0.05, 0.1) is 11.3 Å². The van der Waals surface area contributed by atoms with Gasteiger partial charge >= 0.3 is 5.97 Å². The quantitative estimate of drug-likeness (QED) is 0.633. The molecule has 150 valence electrons. The monoisotopic (exact) mass is 403 g/mol. The van der Waals surface area contributed by atoms with Gasteiger partial charge in [0.15, 0.2) is 16.4 Å². The van der Waals surface area contributed by atoms with E-state index in [1.807, 2.05) is 44.2 Å². The predicted molar refractivity (Wildman–Crippen MR) is 107 cm³/mol. The van der Waals surface area contributed by atoms with Gasteiger partial charge in [0, 0.05) is 18.8 Å². The average Bonchev–Trinajstić information content (AvgIpc) is 2.64. The van der Waals surface area contributed by atoms with Crippen LogP contribution < -0.4 is 0 Å². The summed E-state index contributed by atoms with van der Waals surface area (Å²) in [6.45, 7) is 3.90. The van der Waals surface area contributed by atoms with Crippen LogP contribution in [0.2, 0.25) is 0 Å². The molecule has 0 aliphatic carbocycles. The van der Waals surface area contributed by atoms with Crippen molar-refractivity contribution in [3.63, 3.8) is 0 Å². The van der Waals surface area contributed by atoms with E-state index in [-0.39, 0.29) is 29.9 Å². The van der Waals surface area contributed by atoms with Crippen molar-refractivity contribution >= 4 is 21.7 Å². The second kappa shape index (κ2) is 9.50. The minimum absolute atomic E-state index is 0.0401. The lowest BCUT2D eigenvalue weighted by molar-refractivity contribution is -0.136. The summed E-state index contributed by atoms with van der Waals surface area (Å²) in [6, 6.07) is 15.7. The molecule has 6 nitrogen and oxygen atoms in total. The highest BCUT2D eigenvalue weighted by molar-refractivity contribution is 7.89. The number of hydrogen-bond acceptors (Lipinski definition) is 5. The number of esters is 1. The lowest BCUT2D eigenvalue weighted by Gasteiger charge is -2.26. The van der Waals surface area contributed by atoms with Gasteiger partial charge < -0.3 is 9.64 Å². The molecule has 0 aromatic heterocycles. The first-order valence-corrected chi connectivity index (χ1v) is 11.0. The number of ether oxygens (including phenoxy) is 1. The number of amides is 1. The summed E-state index contributed by atoms with van der Waals surface area (Å²) in [5.74, 6) is -0.993. The maximum atomic E-state index is 12.5. The Kier molecular flexibility index (Phi) is 7.34. The van der Waals surface area contributed by atoms with Crippen LogP contribution in [0, 0.1) is 0 Å². The van der Waals surface area contributed by atoms with Crippen LogP contribution in [0.15, 0.2) is 54.6 Å². The number of carbonyl (C=O) groups excluding carboxylic acids is 2. The molecule has 0 atom stereocenters. The zero-order valence-corrected chi connectivity index (χ0v) is 17.1. The fraction of sp³-hybridized carbons (Fsp3) is 0.333. The van der Waals surface area contributed by atoms with E-state index in [9.17, 15) is 18.0 Å². The molecule has 0 aliphatic heterocycles. The number of nitrogens with zero attached hydrogens (tertiary/aromatic N) is 1. The fourth-order valence-electron chi connectivity index (χ4n) is 2.67. The summed E-state index contributed by atoms with van der Waals surface area (Å²) in [6.07, 6.45) is 1.15. The summed E-state index contributed by atoms with van der Waals surface area (Å²) >= 11 is 0. The van der Waals surface area contributed by atoms with Crippen molar-refractivity contribution in [1.82, 2.24) is 4.90 Å². The van der Waals surface area contributed by atoms with E-state index >= 15 is 0 Å². The van der Waals surface area contributed by atoms with Crippen LogP contribution in [0.3, 0.4) is 0 Å². The van der Waals surface area contributed by atoms with Crippen LogP contribution in [0.25, 0.3) is 0 Å². The van der Waals surface area contributed by atoms with E-state index in [1.54, 1.807) is 17.0 Å². The molecule has 28 heavy (non-hydrogen) atoms. The van der Waals surface area contributed by atoms with Gasteiger partial charge in [-0.05, 0) is 37.1 Å². The highest BCUT2D eigenvalue weighted by Crippen LogP contribution is 2.11. The Labute approximate surface area is 166 Å². The maximum Gasteiger partial charge on any atom is 0.338 e.